The first-order valence-corrected chi connectivity index (χ1v) is 7.28. The van der Waals surface area contributed by atoms with Gasteiger partial charge in [0.05, 0.1) is 0 Å². The lowest BCUT2D eigenvalue weighted by molar-refractivity contribution is 1.09. The summed E-state index contributed by atoms with van der Waals surface area (Å²) in [6, 6.07) is 9.81. The average Bonchev–Trinajstić information content (AvgIpc) is 2.39. The molecule has 0 fully saturated rings. The van der Waals surface area contributed by atoms with Gasteiger partial charge in [0.2, 0.25) is 5.95 Å². The Balaban J connectivity index is 2.24. The molecule has 3 N–H and O–H groups in total. The smallest absolute Gasteiger partial charge is 0.228 e. The Labute approximate surface area is 121 Å². The molecule has 0 radical (unpaired) electrons. The average molecular weight is 290 g/mol. The zero-order chi connectivity index (χ0) is 13.8. The van der Waals surface area contributed by atoms with Crippen molar-refractivity contribution in [1.29, 1.82) is 0 Å². The molecule has 0 aliphatic carbocycles. The van der Waals surface area contributed by atoms with E-state index in [2.05, 4.69) is 15.3 Å². The van der Waals surface area contributed by atoms with E-state index in [-0.39, 0.29) is 4.99 Å². The highest BCUT2D eigenvalue weighted by Gasteiger charge is 2.04. The van der Waals surface area contributed by atoms with Crippen molar-refractivity contribution in [1.82, 2.24) is 9.97 Å². The zero-order valence-electron chi connectivity index (χ0n) is 10.7. The second-order valence-corrected chi connectivity index (χ2v) is 5.26. The summed E-state index contributed by atoms with van der Waals surface area (Å²) in [5.41, 5.74) is 7.92. The molecule has 1 aromatic carbocycles. The van der Waals surface area contributed by atoms with Crippen molar-refractivity contribution in [2.24, 2.45) is 5.73 Å². The Kier molecular flexibility index (Phi) is 4.34. The lowest BCUT2D eigenvalue weighted by Gasteiger charge is -2.08. The second-order valence-electron chi connectivity index (χ2n) is 3.94. The van der Waals surface area contributed by atoms with E-state index in [0.717, 1.165) is 11.4 Å². The number of anilines is 2. The molecule has 0 spiro atoms. The quantitative estimate of drug-likeness (QED) is 0.667. The van der Waals surface area contributed by atoms with Gasteiger partial charge in [-0.1, -0.05) is 12.2 Å². The van der Waals surface area contributed by atoms with Gasteiger partial charge in [-0.25, -0.2) is 9.97 Å². The van der Waals surface area contributed by atoms with E-state index in [0.29, 0.717) is 11.6 Å². The van der Waals surface area contributed by atoms with Crippen molar-refractivity contribution in [2.45, 2.75) is 11.8 Å². The number of thioether (sulfide) groups is 1. The fourth-order valence-corrected chi connectivity index (χ4v) is 2.07. The van der Waals surface area contributed by atoms with E-state index >= 15 is 0 Å². The number of nitrogens with one attached hydrogen (secondary N) is 1. The topological polar surface area (TPSA) is 63.8 Å². The molecule has 98 valence electrons. The van der Waals surface area contributed by atoms with E-state index in [1.807, 2.05) is 37.4 Å². The van der Waals surface area contributed by atoms with Gasteiger partial charge in [0.25, 0.3) is 0 Å². The molecular formula is C13H14N4S2. The Morgan fingerprint density at radius 1 is 1.26 bits per heavy atom. The Morgan fingerprint density at radius 2 is 1.95 bits per heavy atom. The van der Waals surface area contributed by atoms with Crippen LogP contribution in [0.3, 0.4) is 0 Å². The summed E-state index contributed by atoms with van der Waals surface area (Å²) < 4.78 is 0. The van der Waals surface area contributed by atoms with E-state index in [4.69, 9.17) is 18.0 Å². The van der Waals surface area contributed by atoms with Crippen LogP contribution in [0.15, 0.2) is 35.2 Å². The van der Waals surface area contributed by atoms with Gasteiger partial charge in [-0.2, -0.15) is 0 Å². The van der Waals surface area contributed by atoms with Crippen LogP contribution in [0, 0.1) is 6.92 Å². The summed E-state index contributed by atoms with van der Waals surface area (Å²) in [6.45, 7) is 1.88. The summed E-state index contributed by atoms with van der Waals surface area (Å²) in [4.78, 5) is 10.1. The van der Waals surface area contributed by atoms with Crippen LogP contribution in [-0.2, 0) is 0 Å². The predicted molar refractivity (Wildman–Crippen MR) is 84.2 cm³/mol. The van der Waals surface area contributed by atoms with E-state index in [1.165, 1.54) is 4.90 Å². The number of benzene rings is 1. The Morgan fingerprint density at radius 3 is 2.53 bits per heavy atom. The summed E-state index contributed by atoms with van der Waals surface area (Å²) in [6.07, 6.45) is 2.04. The van der Waals surface area contributed by atoms with Crippen LogP contribution < -0.4 is 11.1 Å². The largest absolute Gasteiger partial charge is 0.388 e. The van der Waals surface area contributed by atoms with Crippen molar-refractivity contribution in [3.63, 3.8) is 0 Å². The molecule has 4 nitrogen and oxygen atoms in total. The molecule has 2 rings (SSSR count). The molecule has 19 heavy (non-hydrogen) atoms. The van der Waals surface area contributed by atoms with Gasteiger partial charge in [-0.15, -0.1) is 11.8 Å². The Bertz CT molecular complexity index is 596. The first kappa shape index (κ1) is 13.8. The summed E-state index contributed by atoms with van der Waals surface area (Å²) in [7, 11) is 0. The van der Waals surface area contributed by atoms with Crippen LogP contribution in [0.25, 0.3) is 0 Å². The highest BCUT2D eigenvalue weighted by molar-refractivity contribution is 7.98. The molecule has 0 saturated carbocycles. The van der Waals surface area contributed by atoms with Gasteiger partial charge in [-0.05, 0) is 43.5 Å². The maximum Gasteiger partial charge on any atom is 0.228 e. The summed E-state index contributed by atoms with van der Waals surface area (Å²) in [5, 5.41) is 3.14. The third-order valence-electron chi connectivity index (χ3n) is 2.45. The van der Waals surface area contributed by atoms with Gasteiger partial charge >= 0.3 is 0 Å². The maximum atomic E-state index is 5.59. The number of nitrogens with two attached hydrogens (primary N) is 1. The van der Waals surface area contributed by atoms with Crippen molar-refractivity contribution in [3.05, 3.63) is 41.7 Å². The van der Waals surface area contributed by atoms with Crippen molar-refractivity contribution in [3.8, 4) is 0 Å². The molecule has 1 aromatic heterocycles. The van der Waals surface area contributed by atoms with Gasteiger partial charge in [-0.3, -0.25) is 0 Å². The van der Waals surface area contributed by atoms with Crippen LogP contribution >= 0.6 is 24.0 Å². The molecule has 0 aliphatic heterocycles. The predicted octanol–water partition coefficient (Wildman–Crippen LogP) is 2.88. The lowest BCUT2D eigenvalue weighted by Crippen LogP contribution is -2.13. The highest BCUT2D eigenvalue weighted by atomic mass is 32.2. The molecular weight excluding hydrogens is 276 g/mol. The maximum absolute atomic E-state index is 5.59. The fraction of sp³-hybridized carbons (Fsp3) is 0.154. The molecule has 0 bridgehead atoms. The third-order valence-corrected chi connectivity index (χ3v) is 3.41. The molecule has 0 aliphatic rings. The number of aromatic nitrogens is 2. The number of hydrogen-bond acceptors (Lipinski definition) is 5. The van der Waals surface area contributed by atoms with Crippen molar-refractivity contribution >= 4 is 40.6 Å². The monoisotopic (exact) mass is 290 g/mol. The van der Waals surface area contributed by atoms with Crippen LogP contribution in [0.4, 0.5) is 11.6 Å². The van der Waals surface area contributed by atoms with Crippen LogP contribution in [-0.4, -0.2) is 21.2 Å². The second kappa shape index (κ2) is 5.99. The number of aryl methyl sites for hydroxylation is 1. The molecule has 6 heteroatoms. The zero-order valence-corrected chi connectivity index (χ0v) is 12.3. The number of thiocarbonyl (C=S) groups is 1. The summed E-state index contributed by atoms with van der Waals surface area (Å²) >= 11 is 6.64. The van der Waals surface area contributed by atoms with Crippen LogP contribution in [0.5, 0.6) is 0 Å². The summed E-state index contributed by atoms with van der Waals surface area (Å²) in [5.74, 6) is 0.500. The minimum absolute atomic E-state index is 0.270. The minimum Gasteiger partial charge on any atom is -0.388 e. The van der Waals surface area contributed by atoms with E-state index < -0.39 is 0 Å². The highest BCUT2D eigenvalue weighted by Crippen LogP contribution is 2.19. The first-order valence-electron chi connectivity index (χ1n) is 5.65. The standard InChI is InChI=1S/C13H14N4S2/c1-8-7-11(12(14)18)17-13(15-8)16-9-3-5-10(19-2)6-4-9/h3-7H,1-2H3,(H2,14,18)(H,15,16,17). The number of hydrogen-bond donors (Lipinski definition) is 2. The minimum atomic E-state index is 0.270. The van der Waals surface area contributed by atoms with Gasteiger partial charge in [0.1, 0.15) is 10.7 Å². The van der Waals surface area contributed by atoms with E-state index in [9.17, 15) is 0 Å². The van der Waals surface area contributed by atoms with Crippen molar-refractivity contribution < 1.29 is 0 Å². The fourth-order valence-electron chi connectivity index (χ4n) is 1.55. The lowest BCUT2D eigenvalue weighted by atomic mass is 10.3. The van der Waals surface area contributed by atoms with Gasteiger partial charge in [0, 0.05) is 16.3 Å². The van der Waals surface area contributed by atoms with Crippen LogP contribution in [0.2, 0.25) is 0 Å². The molecule has 0 atom stereocenters. The normalized spacial score (nSPS) is 10.2. The van der Waals surface area contributed by atoms with Gasteiger partial charge in [0.15, 0.2) is 0 Å². The SMILES string of the molecule is CSc1ccc(Nc2nc(C)cc(C(N)=S)n2)cc1. The molecule has 2 aromatic rings. The molecule has 0 unspecified atom stereocenters. The number of rotatable bonds is 4. The van der Waals surface area contributed by atoms with Crippen LogP contribution in [0.1, 0.15) is 11.4 Å². The molecule has 1 heterocycles. The molecule has 0 saturated heterocycles. The van der Waals surface area contributed by atoms with E-state index in [1.54, 1.807) is 17.8 Å². The molecule has 0 amide bonds. The Hall–Kier alpha value is -1.66. The first-order chi connectivity index (χ1) is 9.08. The number of nitrogens with zero attached hydrogens (tertiary/aromatic N) is 2. The third kappa shape index (κ3) is 3.65. The van der Waals surface area contributed by atoms with Gasteiger partial charge < -0.3 is 11.1 Å². The van der Waals surface area contributed by atoms with Crippen molar-refractivity contribution in [2.75, 3.05) is 11.6 Å².